The second-order valence-corrected chi connectivity index (χ2v) is 7.17. The predicted octanol–water partition coefficient (Wildman–Crippen LogP) is 2.98. The predicted molar refractivity (Wildman–Crippen MR) is 82.4 cm³/mol. The van der Waals surface area contributed by atoms with Crippen LogP contribution in [-0.4, -0.2) is 25.2 Å². The van der Waals surface area contributed by atoms with E-state index in [9.17, 15) is 8.42 Å². The molecule has 2 rings (SSSR count). The number of aromatic nitrogens is 1. The molecule has 1 aromatic heterocycles. The van der Waals surface area contributed by atoms with Crippen molar-refractivity contribution in [2.45, 2.75) is 51.5 Å². The van der Waals surface area contributed by atoms with Gasteiger partial charge in [0.05, 0.1) is 17.6 Å². The molecule has 2 N–H and O–H groups in total. The molecule has 5 nitrogen and oxygen atoms in total. The van der Waals surface area contributed by atoms with E-state index in [2.05, 4.69) is 15.0 Å². The Labute approximate surface area is 121 Å². The summed E-state index contributed by atoms with van der Waals surface area (Å²) in [4.78, 5) is 4.28. The zero-order valence-electron chi connectivity index (χ0n) is 11.9. The minimum Gasteiger partial charge on any atom is -0.367 e. The van der Waals surface area contributed by atoms with Gasteiger partial charge in [0, 0.05) is 6.04 Å². The van der Waals surface area contributed by atoms with Crippen molar-refractivity contribution < 1.29 is 8.42 Å². The second-order valence-electron chi connectivity index (χ2n) is 5.33. The van der Waals surface area contributed by atoms with Gasteiger partial charge in [-0.15, -0.1) is 0 Å². The van der Waals surface area contributed by atoms with Gasteiger partial charge in [0.15, 0.2) is 0 Å². The van der Waals surface area contributed by atoms with Crippen LogP contribution in [0.2, 0.25) is 0 Å². The summed E-state index contributed by atoms with van der Waals surface area (Å²) < 4.78 is 25.8. The van der Waals surface area contributed by atoms with Crippen LogP contribution in [0.3, 0.4) is 0 Å². The molecule has 0 spiro atoms. The summed E-state index contributed by atoms with van der Waals surface area (Å²) >= 11 is 0. The van der Waals surface area contributed by atoms with E-state index in [-0.39, 0.29) is 5.75 Å². The quantitative estimate of drug-likeness (QED) is 0.847. The number of sulfonamides is 1. The maximum atomic E-state index is 11.6. The van der Waals surface area contributed by atoms with Gasteiger partial charge in [-0.25, -0.2) is 13.4 Å². The molecule has 20 heavy (non-hydrogen) atoms. The number of nitrogens with one attached hydrogen (secondary N) is 2. The molecule has 0 unspecified atom stereocenters. The molecule has 1 aliphatic carbocycles. The van der Waals surface area contributed by atoms with Gasteiger partial charge in [0.25, 0.3) is 0 Å². The minimum atomic E-state index is -3.24. The molecule has 6 heteroatoms. The first-order valence-corrected chi connectivity index (χ1v) is 8.97. The smallest absolute Gasteiger partial charge is 0.232 e. The van der Waals surface area contributed by atoms with Crippen molar-refractivity contribution in [3.63, 3.8) is 0 Å². The molecule has 1 aliphatic rings. The van der Waals surface area contributed by atoms with Gasteiger partial charge in [-0.1, -0.05) is 26.2 Å². The SMILES string of the molecule is CCCS(=O)(=O)Nc1ccc(NC2CCCCC2)nc1. The van der Waals surface area contributed by atoms with E-state index >= 15 is 0 Å². The Morgan fingerprint density at radius 1 is 1.25 bits per heavy atom. The Bertz CT molecular complexity index is 508. The molecule has 1 heterocycles. The van der Waals surface area contributed by atoms with Crippen LogP contribution in [0.4, 0.5) is 11.5 Å². The molecule has 0 bridgehead atoms. The van der Waals surface area contributed by atoms with Gasteiger partial charge >= 0.3 is 0 Å². The lowest BCUT2D eigenvalue weighted by atomic mass is 9.95. The zero-order valence-corrected chi connectivity index (χ0v) is 12.7. The van der Waals surface area contributed by atoms with Crippen LogP contribution in [0.1, 0.15) is 45.4 Å². The van der Waals surface area contributed by atoms with E-state index in [0.29, 0.717) is 18.2 Å². The van der Waals surface area contributed by atoms with E-state index in [1.54, 1.807) is 12.3 Å². The summed E-state index contributed by atoms with van der Waals surface area (Å²) in [5, 5.41) is 3.41. The fourth-order valence-corrected chi connectivity index (χ4v) is 3.61. The van der Waals surface area contributed by atoms with Crippen LogP contribution in [0, 0.1) is 0 Å². The molecular formula is C14H23N3O2S. The van der Waals surface area contributed by atoms with Crippen molar-refractivity contribution in [3.8, 4) is 0 Å². The summed E-state index contributed by atoms with van der Waals surface area (Å²) in [5.41, 5.74) is 0.521. The summed E-state index contributed by atoms with van der Waals surface area (Å²) in [5.74, 6) is 0.949. The third-order valence-electron chi connectivity index (χ3n) is 3.47. The lowest BCUT2D eigenvalue weighted by Crippen LogP contribution is -2.22. The fraction of sp³-hybridized carbons (Fsp3) is 0.643. The lowest BCUT2D eigenvalue weighted by Gasteiger charge is -2.23. The van der Waals surface area contributed by atoms with Gasteiger partial charge in [0.2, 0.25) is 10.0 Å². The minimum absolute atomic E-state index is 0.134. The highest BCUT2D eigenvalue weighted by molar-refractivity contribution is 7.92. The number of pyridine rings is 1. The van der Waals surface area contributed by atoms with Gasteiger partial charge < -0.3 is 5.32 Å². The number of nitrogens with zero attached hydrogens (tertiary/aromatic N) is 1. The largest absolute Gasteiger partial charge is 0.367 e. The number of anilines is 2. The Hall–Kier alpha value is -1.30. The Morgan fingerprint density at radius 2 is 2.00 bits per heavy atom. The van der Waals surface area contributed by atoms with E-state index in [0.717, 1.165) is 5.82 Å². The highest BCUT2D eigenvalue weighted by Gasteiger charge is 2.13. The van der Waals surface area contributed by atoms with Crippen molar-refractivity contribution in [1.29, 1.82) is 0 Å². The molecule has 0 aromatic carbocycles. The van der Waals surface area contributed by atoms with Crippen LogP contribution in [0.15, 0.2) is 18.3 Å². The van der Waals surface area contributed by atoms with Crippen molar-refractivity contribution in [2.75, 3.05) is 15.8 Å². The van der Waals surface area contributed by atoms with Gasteiger partial charge in [-0.3, -0.25) is 4.72 Å². The normalized spacial score (nSPS) is 16.9. The Balaban J connectivity index is 1.92. The van der Waals surface area contributed by atoms with Crippen LogP contribution in [0.25, 0.3) is 0 Å². The van der Waals surface area contributed by atoms with Crippen LogP contribution >= 0.6 is 0 Å². The first-order valence-electron chi connectivity index (χ1n) is 7.32. The number of hydrogen-bond donors (Lipinski definition) is 2. The number of hydrogen-bond acceptors (Lipinski definition) is 4. The van der Waals surface area contributed by atoms with Crippen molar-refractivity contribution in [3.05, 3.63) is 18.3 Å². The summed E-state index contributed by atoms with van der Waals surface area (Å²) in [7, 11) is -3.24. The molecule has 1 aromatic rings. The zero-order chi connectivity index (χ0) is 14.4. The summed E-state index contributed by atoms with van der Waals surface area (Å²) in [6.45, 7) is 1.84. The molecular weight excluding hydrogens is 274 g/mol. The number of rotatable bonds is 6. The van der Waals surface area contributed by atoms with E-state index < -0.39 is 10.0 Å². The molecule has 1 fully saturated rings. The van der Waals surface area contributed by atoms with Crippen LogP contribution in [-0.2, 0) is 10.0 Å². The maximum absolute atomic E-state index is 11.6. The first-order chi connectivity index (χ1) is 9.59. The average molecular weight is 297 g/mol. The molecule has 0 radical (unpaired) electrons. The standard InChI is InChI=1S/C14H23N3O2S/c1-2-10-20(18,19)17-13-8-9-14(15-11-13)16-12-6-4-3-5-7-12/h8-9,11-12,17H,2-7,10H2,1H3,(H,15,16). The average Bonchev–Trinajstić information content (AvgIpc) is 2.42. The van der Waals surface area contributed by atoms with Gasteiger partial charge in [-0.2, -0.15) is 0 Å². The second kappa shape index (κ2) is 6.92. The maximum Gasteiger partial charge on any atom is 0.232 e. The van der Waals surface area contributed by atoms with Gasteiger partial charge in [-0.05, 0) is 31.4 Å². The van der Waals surface area contributed by atoms with E-state index in [4.69, 9.17) is 0 Å². The molecule has 1 saturated carbocycles. The van der Waals surface area contributed by atoms with E-state index in [1.807, 2.05) is 13.0 Å². The summed E-state index contributed by atoms with van der Waals surface area (Å²) in [6, 6.07) is 4.09. The monoisotopic (exact) mass is 297 g/mol. The van der Waals surface area contributed by atoms with Gasteiger partial charge in [0.1, 0.15) is 5.82 Å². The summed E-state index contributed by atoms with van der Waals surface area (Å²) in [6.07, 6.45) is 8.41. The molecule has 0 aliphatic heterocycles. The molecule has 0 atom stereocenters. The molecule has 0 saturated heterocycles. The fourth-order valence-electron chi connectivity index (χ4n) is 2.50. The van der Waals surface area contributed by atoms with Crippen molar-refractivity contribution in [1.82, 2.24) is 4.98 Å². The molecule has 0 amide bonds. The van der Waals surface area contributed by atoms with Crippen molar-refractivity contribution >= 4 is 21.5 Å². The van der Waals surface area contributed by atoms with Crippen LogP contribution in [0.5, 0.6) is 0 Å². The first kappa shape index (κ1) is 15.1. The van der Waals surface area contributed by atoms with Crippen molar-refractivity contribution in [2.24, 2.45) is 0 Å². The highest BCUT2D eigenvalue weighted by atomic mass is 32.2. The third kappa shape index (κ3) is 4.67. The lowest BCUT2D eigenvalue weighted by molar-refractivity contribution is 0.462. The van der Waals surface area contributed by atoms with E-state index in [1.165, 1.54) is 32.1 Å². The third-order valence-corrected chi connectivity index (χ3v) is 4.96. The Morgan fingerprint density at radius 3 is 2.60 bits per heavy atom. The molecule has 112 valence electrons. The van der Waals surface area contributed by atoms with Crippen LogP contribution < -0.4 is 10.0 Å². The highest BCUT2D eigenvalue weighted by Crippen LogP contribution is 2.21. The Kier molecular flexibility index (Phi) is 5.23. The topological polar surface area (TPSA) is 71.1 Å².